The van der Waals surface area contributed by atoms with Crippen LogP contribution < -0.4 is 5.32 Å². The van der Waals surface area contributed by atoms with E-state index < -0.39 is 16.1 Å². The lowest BCUT2D eigenvalue weighted by atomic mass is 10.2. The second kappa shape index (κ2) is 6.87. The molecule has 1 heterocycles. The topological polar surface area (TPSA) is 75.7 Å². The van der Waals surface area contributed by atoms with Gasteiger partial charge in [-0.3, -0.25) is 4.79 Å². The number of nitrogens with one attached hydrogen (secondary N) is 1. The van der Waals surface area contributed by atoms with E-state index in [4.69, 9.17) is 4.74 Å². The lowest BCUT2D eigenvalue weighted by Crippen LogP contribution is -2.55. The quantitative estimate of drug-likeness (QED) is 0.849. The van der Waals surface area contributed by atoms with Crippen LogP contribution in [0.2, 0.25) is 0 Å². The Labute approximate surface area is 132 Å². The predicted octanol–water partition coefficient (Wildman–Crippen LogP) is 0.975. The van der Waals surface area contributed by atoms with Gasteiger partial charge in [0.15, 0.2) is 0 Å². The highest BCUT2D eigenvalue weighted by molar-refractivity contribution is 9.10. The van der Waals surface area contributed by atoms with Crippen LogP contribution in [0, 0.1) is 0 Å². The van der Waals surface area contributed by atoms with Crippen LogP contribution in [-0.2, 0) is 19.6 Å². The van der Waals surface area contributed by atoms with Gasteiger partial charge < -0.3 is 10.1 Å². The Morgan fingerprint density at radius 2 is 2.19 bits per heavy atom. The summed E-state index contributed by atoms with van der Waals surface area (Å²) in [5, 5.41) is 2.65. The summed E-state index contributed by atoms with van der Waals surface area (Å²) in [6.07, 6.45) is 0. The van der Waals surface area contributed by atoms with Gasteiger partial charge >= 0.3 is 0 Å². The zero-order valence-corrected chi connectivity index (χ0v) is 14.0. The number of sulfonamides is 1. The minimum Gasteiger partial charge on any atom is -0.378 e. The molecule has 1 atom stereocenters. The predicted molar refractivity (Wildman–Crippen MR) is 81.3 cm³/mol. The molecule has 1 aromatic rings. The van der Waals surface area contributed by atoms with E-state index in [1.165, 1.54) is 10.4 Å². The fraction of sp³-hybridized carbons (Fsp3) is 0.462. The highest BCUT2D eigenvalue weighted by atomic mass is 79.9. The molecule has 0 bridgehead atoms. The molecule has 1 N–H and O–H groups in total. The maximum Gasteiger partial charge on any atom is 0.245 e. The van der Waals surface area contributed by atoms with Crippen molar-refractivity contribution < 1.29 is 17.9 Å². The largest absolute Gasteiger partial charge is 0.378 e. The number of carbonyl (C=O) groups excluding carboxylic acids is 1. The maximum atomic E-state index is 12.8. The first kappa shape index (κ1) is 16.4. The third-order valence-electron chi connectivity index (χ3n) is 3.16. The molecule has 8 heteroatoms. The smallest absolute Gasteiger partial charge is 0.245 e. The van der Waals surface area contributed by atoms with Crippen molar-refractivity contribution in [3.63, 3.8) is 0 Å². The molecule has 0 spiro atoms. The molecule has 1 amide bonds. The Morgan fingerprint density at radius 1 is 1.48 bits per heavy atom. The number of nitrogens with zero attached hydrogens (tertiary/aromatic N) is 1. The van der Waals surface area contributed by atoms with Crippen molar-refractivity contribution >= 4 is 31.9 Å². The van der Waals surface area contributed by atoms with Crippen LogP contribution in [0.15, 0.2) is 33.6 Å². The molecule has 1 fully saturated rings. The third kappa shape index (κ3) is 3.45. The van der Waals surface area contributed by atoms with Crippen LogP contribution in [0.4, 0.5) is 0 Å². The standard InChI is InChI=1S/C13H17BrN2O4S/c1-2-15-13(17)11-9-20-8-7-16(11)21(18,19)12-6-4-3-5-10(12)14/h3-6,11H,2,7-9H2,1H3,(H,15,17). The summed E-state index contributed by atoms with van der Waals surface area (Å²) >= 11 is 3.25. The average molecular weight is 377 g/mol. The molecule has 1 saturated heterocycles. The first-order chi connectivity index (χ1) is 9.98. The number of benzene rings is 1. The molecule has 116 valence electrons. The van der Waals surface area contributed by atoms with Crippen LogP contribution in [-0.4, -0.2) is 51.0 Å². The summed E-state index contributed by atoms with van der Waals surface area (Å²) in [6.45, 7) is 2.73. The van der Waals surface area contributed by atoms with E-state index in [9.17, 15) is 13.2 Å². The fourth-order valence-corrected chi connectivity index (χ4v) is 4.68. The minimum absolute atomic E-state index is 0.0650. The van der Waals surface area contributed by atoms with Gasteiger partial charge in [0, 0.05) is 17.6 Å². The molecule has 0 aliphatic carbocycles. The van der Waals surface area contributed by atoms with E-state index >= 15 is 0 Å². The van der Waals surface area contributed by atoms with Crippen LogP contribution in [0.25, 0.3) is 0 Å². The van der Waals surface area contributed by atoms with Crippen molar-refractivity contribution in [1.82, 2.24) is 9.62 Å². The number of hydrogen-bond donors (Lipinski definition) is 1. The number of carbonyl (C=O) groups is 1. The van der Waals surface area contributed by atoms with E-state index in [2.05, 4.69) is 21.2 Å². The molecule has 0 radical (unpaired) electrons. The fourth-order valence-electron chi connectivity index (χ4n) is 2.15. The molecule has 1 unspecified atom stereocenters. The average Bonchev–Trinajstić information content (AvgIpc) is 2.48. The van der Waals surface area contributed by atoms with Crippen molar-refractivity contribution in [2.24, 2.45) is 0 Å². The Morgan fingerprint density at radius 3 is 2.86 bits per heavy atom. The normalized spacial score (nSPS) is 20.2. The minimum atomic E-state index is -3.76. The van der Waals surface area contributed by atoms with E-state index in [-0.39, 0.29) is 30.6 Å². The van der Waals surface area contributed by atoms with Crippen molar-refractivity contribution in [3.8, 4) is 0 Å². The second-order valence-electron chi connectivity index (χ2n) is 4.53. The summed E-state index contributed by atoms with van der Waals surface area (Å²) in [6, 6.07) is 5.73. The molecule has 6 nitrogen and oxygen atoms in total. The highest BCUT2D eigenvalue weighted by Crippen LogP contribution is 2.27. The van der Waals surface area contributed by atoms with Crippen molar-refractivity contribution in [2.75, 3.05) is 26.3 Å². The highest BCUT2D eigenvalue weighted by Gasteiger charge is 2.38. The summed E-state index contributed by atoms with van der Waals surface area (Å²) in [4.78, 5) is 12.2. The first-order valence-corrected chi connectivity index (χ1v) is 8.83. The van der Waals surface area contributed by atoms with E-state index in [1.54, 1.807) is 25.1 Å². The molecular weight excluding hydrogens is 360 g/mol. The molecule has 1 aliphatic heterocycles. The van der Waals surface area contributed by atoms with Crippen LogP contribution in [0.1, 0.15) is 6.92 Å². The third-order valence-corrected chi connectivity index (χ3v) is 6.08. The van der Waals surface area contributed by atoms with Crippen molar-refractivity contribution in [2.45, 2.75) is 17.9 Å². The van der Waals surface area contributed by atoms with Crippen molar-refractivity contribution in [3.05, 3.63) is 28.7 Å². The van der Waals surface area contributed by atoms with Crippen LogP contribution >= 0.6 is 15.9 Å². The number of ether oxygens (including phenoxy) is 1. The monoisotopic (exact) mass is 376 g/mol. The lowest BCUT2D eigenvalue weighted by molar-refractivity contribution is -0.129. The Hall–Kier alpha value is -0.960. The molecular formula is C13H17BrN2O4S. The molecule has 21 heavy (non-hydrogen) atoms. The Balaban J connectivity index is 2.36. The Kier molecular flexibility index (Phi) is 5.37. The summed E-state index contributed by atoms with van der Waals surface area (Å²) in [5.41, 5.74) is 0. The lowest BCUT2D eigenvalue weighted by Gasteiger charge is -2.33. The number of halogens is 1. The molecule has 1 aliphatic rings. The number of rotatable bonds is 4. The zero-order chi connectivity index (χ0) is 15.5. The van der Waals surface area contributed by atoms with Gasteiger partial charge in [-0.15, -0.1) is 0 Å². The van der Waals surface area contributed by atoms with Gasteiger partial charge in [0.25, 0.3) is 0 Å². The number of likely N-dealkylation sites (N-methyl/N-ethyl adjacent to an activating group) is 1. The van der Waals surface area contributed by atoms with Crippen molar-refractivity contribution in [1.29, 1.82) is 0 Å². The summed E-state index contributed by atoms with van der Waals surface area (Å²) in [7, 11) is -3.76. The van der Waals surface area contributed by atoms with Crippen LogP contribution in [0.5, 0.6) is 0 Å². The zero-order valence-electron chi connectivity index (χ0n) is 11.6. The van der Waals surface area contributed by atoms with Gasteiger partial charge in [0.05, 0.1) is 18.1 Å². The molecule has 0 saturated carbocycles. The number of hydrogen-bond acceptors (Lipinski definition) is 4. The van der Waals surface area contributed by atoms with Crippen LogP contribution in [0.3, 0.4) is 0 Å². The number of morpholine rings is 1. The van der Waals surface area contributed by atoms with Gasteiger partial charge in [-0.1, -0.05) is 12.1 Å². The van der Waals surface area contributed by atoms with E-state index in [0.717, 1.165) is 0 Å². The molecule has 2 rings (SSSR count). The molecule has 1 aromatic carbocycles. The Bertz CT molecular complexity index is 620. The number of amides is 1. The summed E-state index contributed by atoms with van der Waals surface area (Å²) < 4.78 is 32.5. The SMILES string of the molecule is CCNC(=O)C1COCCN1S(=O)(=O)c1ccccc1Br. The van der Waals surface area contributed by atoms with E-state index in [0.29, 0.717) is 11.0 Å². The summed E-state index contributed by atoms with van der Waals surface area (Å²) in [5.74, 6) is -0.340. The maximum absolute atomic E-state index is 12.8. The second-order valence-corrected chi connectivity index (χ2v) is 7.24. The van der Waals surface area contributed by atoms with E-state index in [1.807, 2.05) is 0 Å². The van der Waals surface area contributed by atoms with Gasteiger partial charge in [-0.25, -0.2) is 8.42 Å². The van der Waals surface area contributed by atoms with Gasteiger partial charge in [-0.2, -0.15) is 4.31 Å². The van der Waals surface area contributed by atoms with Gasteiger partial charge in [0.1, 0.15) is 6.04 Å². The molecule has 0 aromatic heterocycles. The van der Waals surface area contributed by atoms with Gasteiger partial charge in [0.2, 0.25) is 15.9 Å². The first-order valence-electron chi connectivity index (χ1n) is 6.60. The van der Waals surface area contributed by atoms with Gasteiger partial charge in [-0.05, 0) is 35.0 Å².